The topological polar surface area (TPSA) is 94.8 Å². The second kappa shape index (κ2) is 8.88. The molecule has 0 aliphatic carbocycles. The average molecular weight is 469 g/mol. The summed E-state index contributed by atoms with van der Waals surface area (Å²) in [6.07, 6.45) is -4.48. The molecule has 0 N–H and O–H groups in total. The molecule has 0 radical (unpaired) electrons. The number of benzene rings is 2. The highest BCUT2D eigenvalue weighted by Crippen LogP contribution is 2.31. The van der Waals surface area contributed by atoms with Crippen molar-refractivity contribution in [3.05, 3.63) is 60.0 Å². The molecule has 2 aromatic carbocycles. The minimum Gasteiger partial charge on any atom is -0.484 e. The van der Waals surface area contributed by atoms with Crippen molar-refractivity contribution in [3.8, 4) is 17.1 Å². The maximum absolute atomic E-state index is 12.9. The molecule has 0 unspecified atom stereocenters. The van der Waals surface area contributed by atoms with Crippen molar-refractivity contribution >= 4 is 10.0 Å². The van der Waals surface area contributed by atoms with Crippen molar-refractivity contribution in [2.45, 2.75) is 17.7 Å². The molecule has 2 heterocycles. The number of morpholine rings is 1. The molecule has 0 saturated carbocycles. The molecule has 0 atom stereocenters. The minimum atomic E-state index is -4.48. The Hall–Kier alpha value is -2.96. The zero-order chi connectivity index (χ0) is 22.8. The van der Waals surface area contributed by atoms with Crippen LogP contribution in [0.3, 0.4) is 0 Å². The van der Waals surface area contributed by atoms with Gasteiger partial charge in [-0.3, -0.25) is 0 Å². The van der Waals surface area contributed by atoms with Crippen molar-refractivity contribution < 1.29 is 35.6 Å². The number of sulfonamides is 1. The van der Waals surface area contributed by atoms with Gasteiger partial charge in [-0.25, -0.2) is 8.42 Å². The molecular weight excluding hydrogens is 451 g/mol. The largest absolute Gasteiger partial charge is 0.484 e. The molecule has 1 fully saturated rings. The van der Waals surface area contributed by atoms with Gasteiger partial charge in [0.2, 0.25) is 15.8 Å². The first-order chi connectivity index (χ1) is 15.2. The monoisotopic (exact) mass is 469 g/mol. The Morgan fingerprint density at radius 2 is 1.78 bits per heavy atom. The van der Waals surface area contributed by atoms with Crippen LogP contribution in [-0.2, 0) is 27.5 Å². The number of alkyl halides is 3. The molecule has 1 saturated heterocycles. The van der Waals surface area contributed by atoms with Gasteiger partial charge in [0.25, 0.3) is 5.89 Å². The van der Waals surface area contributed by atoms with Crippen LogP contribution in [0.15, 0.2) is 57.9 Å². The van der Waals surface area contributed by atoms with Gasteiger partial charge in [-0.1, -0.05) is 17.3 Å². The summed E-state index contributed by atoms with van der Waals surface area (Å²) in [6.45, 7) is 1.17. The molecule has 8 nitrogen and oxygen atoms in total. The number of aromatic nitrogens is 2. The molecule has 12 heteroatoms. The van der Waals surface area contributed by atoms with Crippen LogP contribution in [-0.4, -0.2) is 49.2 Å². The fourth-order valence-corrected chi connectivity index (χ4v) is 4.46. The van der Waals surface area contributed by atoms with Gasteiger partial charge in [-0.2, -0.15) is 22.5 Å². The van der Waals surface area contributed by atoms with E-state index in [-0.39, 0.29) is 28.8 Å². The molecule has 32 heavy (non-hydrogen) atoms. The number of halogens is 3. The summed E-state index contributed by atoms with van der Waals surface area (Å²) >= 11 is 0. The summed E-state index contributed by atoms with van der Waals surface area (Å²) in [6, 6.07) is 10.5. The van der Waals surface area contributed by atoms with Crippen LogP contribution < -0.4 is 4.74 Å². The fraction of sp³-hybridized carbons (Fsp3) is 0.300. The first-order valence-electron chi connectivity index (χ1n) is 9.54. The summed E-state index contributed by atoms with van der Waals surface area (Å²) in [5.74, 6) is 0.425. The maximum atomic E-state index is 12.9. The van der Waals surface area contributed by atoms with Gasteiger partial charge in [0, 0.05) is 18.7 Å². The van der Waals surface area contributed by atoms with Gasteiger partial charge in [-0.05, 0) is 36.4 Å². The lowest BCUT2D eigenvalue weighted by Gasteiger charge is -2.26. The van der Waals surface area contributed by atoms with E-state index < -0.39 is 21.8 Å². The van der Waals surface area contributed by atoms with Crippen molar-refractivity contribution in [3.63, 3.8) is 0 Å². The first kappa shape index (κ1) is 22.2. The summed E-state index contributed by atoms with van der Waals surface area (Å²) in [5, 5.41) is 3.69. The highest BCUT2D eigenvalue weighted by molar-refractivity contribution is 7.89. The predicted molar refractivity (Wildman–Crippen MR) is 105 cm³/mol. The van der Waals surface area contributed by atoms with E-state index in [9.17, 15) is 21.6 Å². The smallest absolute Gasteiger partial charge is 0.416 e. The fourth-order valence-electron chi connectivity index (χ4n) is 3.05. The molecule has 1 aliphatic rings. The van der Waals surface area contributed by atoms with Crippen LogP contribution in [0.1, 0.15) is 11.5 Å². The van der Waals surface area contributed by atoms with Gasteiger partial charge in [0.1, 0.15) is 5.75 Å². The Morgan fingerprint density at radius 1 is 1.06 bits per heavy atom. The Morgan fingerprint density at radius 3 is 2.47 bits per heavy atom. The van der Waals surface area contributed by atoms with Gasteiger partial charge < -0.3 is 14.0 Å². The number of hydrogen-bond donors (Lipinski definition) is 0. The SMILES string of the molecule is O=S(=O)(c1ccc(OCc2nc(-c3cccc(C(F)(F)F)c3)no2)cc1)N1CCOCC1. The second-order valence-electron chi connectivity index (χ2n) is 6.87. The van der Waals surface area contributed by atoms with Gasteiger partial charge in [0.15, 0.2) is 6.61 Å². The van der Waals surface area contributed by atoms with Crippen LogP contribution in [0.2, 0.25) is 0 Å². The molecule has 170 valence electrons. The predicted octanol–water partition coefficient (Wildman–Crippen LogP) is 3.36. The molecule has 1 aromatic heterocycles. The standard InChI is InChI=1S/C20H18F3N3O5S/c21-20(22,23)15-3-1-2-14(12-15)19-24-18(31-25-19)13-30-16-4-6-17(7-5-16)32(27,28)26-8-10-29-11-9-26/h1-7,12H,8-11,13H2. The third kappa shape index (κ3) is 4.92. The number of ether oxygens (including phenoxy) is 2. The lowest BCUT2D eigenvalue weighted by Crippen LogP contribution is -2.40. The molecule has 3 aromatic rings. The van der Waals surface area contributed by atoms with Gasteiger partial charge in [-0.15, -0.1) is 0 Å². The first-order valence-corrected chi connectivity index (χ1v) is 11.0. The highest BCUT2D eigenvalue weighted by Gasteiger charge is 2.31. The van der Waals surface area contributed by atoms with Crippen LogP contribution >= 0.6 is 0 Å². The van der Waals surface area contributed by atoms with Crippen LogP contribution in [0.25, 0.3) is 11.4 Å². The Balaban J connectivity index is 1.40. The quantitative estimate of drug-likeness (QED) is 0.546. The summed E-state index contributed by atoms with van der Waals surface area (Å²) in [5.41, 5.74) is -0.655. The van der Waals surface area contributed by atoms with E-state index in [2.05, 4.69) is 10.1 Å². The molecular formula is C20H18F3N3O5S. The lowest BCUT2D eigenvalue weighted by molar-refractivity contribution is -0.137. The van der Waals surface area contributed by atoms with Crippen LogP contribution in [0.4, 0.5) is 13.2 Å². The Labute approximate surface area is 181 Å². The van der Waals surface area contributed by atoms with E-state index >= 15 is 0 Å². The Bertz CT molecular complexity index is 1170. The lowest BCUT2D eigenvalue weighted by atomic mass is 10.1. The molecule has 4 rings (SSSR count). The molecule has 0 spiro atoms. The number of nitrogens with zero attached hydrogens (tertiary/aromatic N) is 3. The summed E-state index contributed by atoms with van der Waals surface area (Å²) in [7, 11) is -3.61. The van der Waals surface area contributed by atoms with E-state index in [1.54, 1.807) is 0 Å². The minimum absolute atomic E-state index is 0.00153. The maximum Gasteiger partial charge on any atom is 0.416 e. The molecule has 1 aliphatic heterocycles. The molecule has 0 bridgehead atoms. The zero-order valence-corrected chi connectivity index (χ0v) is 17.4. The van der Waals surface area contributed by atoms with E-state index in [1.165, 1.54) is 40.7 Å². The Kier molecular flexibility index (Phi) is 6.17. The van der Waals surface area contributed by atoms with Crippen molar-refractivity contribution in [1.82, 2.24) is 14.4 Å². The highest BCUT2D eigenvalue weighted by atomic mass is 32.2. The third-order valence-electron chi connectivity index (χ3n) is 4.71. The van der Waals surface area contributed by atoms with Crippen molar-refractivity contribution in [2.75, 3.05) is 26.3 Å². The van der Waals surface area contributed by atoms with Crippen molar-refractivity contribution in [2.24, 2.45) is 0 Å². The van der Waals surface area contributed by atoms with E-state index in [0.29, 0.717) is 32.1 Å². The summed E-state index contributed by atoms with van der Waals surface area (Å²) < 4.78 is 81.0. The summed E-state index contributed by atoms with van der Waals surface area (Å²) in [4.78, 5) is 4.19. The van der Waals surface area contributed by atoms with E-state index in [0.717, 1.165) is 12.1 Å². The average Bonchev–Trinajstić information content (AvgIpc) is 3.27. The third-order valence-corrected chi connectivity index (χ3v) is 6.62. The number of hydrogen-bond acceptors (Lipinski definition) is 7. The zero-order valence-electron chi connectivity index (χ0n) is 16.6. The molecule has 0 amide bonds. The second-order valence-corrected chi connectivity index (χ2v) is 8.80. The normalized spacial score (nSPS) is 15.6. The van der Waals surface area contributed by atoms with E-state index in [1.807, 2.05) is 0 Å². The number of rotatable bonds is 6. The van der Waals surface area contributed by atoms with Gasteiger partial charge >= 0.3 is 6.18 Å². The van der Waals surface area contributed by atoms with Crippen LogP contribution in [0.5, 0.6) is 5.75 Å². The van der Waals surface area contributed by atoms with Gasteiger partial charge in [0.05, 0.1) is 23.7 Å². The van der Waals surface area contributed by atoms with Crippen LogP contribution in [0, 0.1) is 0 Å². The van der Waals surface area contributed by atoms with E-state index in [4.69, 9.17) is 14.0 Å². The van der Waals surface area contributed by atoms with Crippen molar-refractivity contribution in [1.29, 1.82) is 0 Å².